The van der Waals surface area contributed by atoms with Gasteiger partial charge in [0.05, 0.1) is 23.0 Å². The Kier molecular flexibility index (Phi) is 7.46. The standard InChI is InChI=1S/C30H26ClNO6S/c31-22-11-6-20(7-12-22)27(33)17-16-26-29(32(30(26)35)23-4-2-1-3-5-23)21-10-15-25(28(34)18-21)19-8-13-24(14-9-19)39(36,37)38/h1-15,18,26-27,29,33-34H,16-17H2,(H,36,37,38)/t26-,27+,29-/m1/s1. The van der Waals surface area contributed by atoms with Crippen molar-refractivity contribution in [3.8, 4) is 16.9 Å². The largest absolute Gasteiger partial charge is 0.507 e. The highest BCUT2D eigenvalue weighted by Crippen LogP contribution is 2.47. The van der Waals surface area contributed by atoms with Crippen molar-refractivity contribution >= 4 is 33.3 Å². The van der Waals surface area contributed by atoms with E-state index in [9.17, 15) is 28.0 Å². The Morgan fingerprint density at radius 3 is 2.18 bits per heavy atom. The molecule has 200 valence electrons. The number of benzene rings is 4. The van der Waals surface area contributed by atoms with Crippen molar-refractivity contribution in [2.75, 3.05) is 4.90 Å². The molecule has 0 aromatic heterocycles. The molecule has 0 bridgehead atoms. The summed E-state index contributed by atoms with van der Waals surface area (Å²) in [6, 6.07) is 26.6. The minimum atomic E-state index is -4.32. The lowest BCUT2D eigenvalue weighted by Gasteiger charge is -2.48. The Bertz CT molecular complexity index is 1590. The predicted molar refractivity (Wildman–Crippen MR) is 149 cm³/mol. The lowest BCUT2D eigenvalue weighted by molar-refractivity contribution is -0.131. The third-order valence-electron chi connectivity index (χ3n) is 7.08. The molecule has 0 spiro atoms. The van der Waals surface area contributed by atoms with E-state index in [2.05, 4.69) is 0 Å². The number of hydrogen-bond donors (Lipinski definition) is 3. The van der Waals surface area contributed by atoms with Crippen LogP contribution in [0, 0.1) is 5.92 Å². The lowest BCUT2D eigenvalue weighted by Crippen LogP contribution is -2.55. The summed E-state index contributed by atoms with van der Waals surface area (Å²) in [5, 5.41) is 22.2. The average Bonchev–Trinajstić information content (AvgIpc) is 2.92. The van der Waals surface area contributed by atoms with Crippen molar-refractivity contribution in [1.82, 2.24) is 0 Å². The molecule has 1 heterocycles. The van der Waals surface area contributed by atoms with E-state index in [1.165, 1.54) is 24.3 Å². The number of halogens is 1. The zero-order valence-electron chi connectivity index (χ0n) is 20.7. The SMILES string of the molecule is O=C1[C@H](CC[C@H](O)c2ccc(Cl)cc2)[C@@H](c2ccc(-c3ccc(S(=O)(=O)O)cc3)c(O)c2)N1c1ccccc1. The van der Waals surface area contributed by atoms with Gasteiger partial charge >= 0.3 is 0 Å². The number of aliphatic hydroxyl groups excluding tert-OH is 1. The van der Waals surface area contributed by atoms with Crippen LogP contribution in [0.3, 0.4) is 0 Å². The molecule has 1 aliphatic rings. The highest BCUT2D eigenvalue weighted by atomic mass is 35.5. The van der Waals surface area contributed by atoms with Crippen molar-refractivity contribution < 1.29 is 28.0 Å². The van der Waals surface area contributed by atoms with Gasteiger partial charge in [0.15, 0.2) is 0 Å². The van der Waals surface area contributed by atoms with Gasteiger partial charge in [-0.25, -0.2) is 0 Å². The number of carbonyl (C=O) groups is 1. The highest BCUT2D eigenvalue weighted by Gasteiger charge is 2.48. The van der Waals surface area contributed by atoms with Gasteiger partial charge in [-0.1, -0.05) is 66.2 Å². The maximum Gasteiger partial charge on any atom is 0.294 e. The van der Waals surface area contributed by atoms with E-state index in [0.29, 0.717) is 29.0 Å². The van der Waals surface area contributed by atoms with Crippen LogP contribution in [0.1, 0.15) is 36.1 Å². The third-order valence-corrected chi connectivity index (χ3v) is 8.20. The molecule has 39 heavy (non-hydrogen) atoms. The first-order chi connectivity index (χ1) is 18.6. The third kappa shape index (κ3) is 5.55. The van der Waals surface area contributed by atoms with Crippen molar-refractivity contribution in [2.24, 2.45) is 5.92 Å². The Hall–Kier alpha value is -3.69. The van der Waals surface area contributed by atoms with Gasteiger partial charge in [0.25, 0.3) is 10.1 Å². The second kappa shape index (κ2) is 10.8. The van der Waals surface area contributed by atoms with Gasteiger partial charge in [0, 0.05) is 16.3 Å². The molecule has 1 fully saturated rings. The van der Waals surface area contributed by atoms with Crippen molar-refractivity contribution in [3.63, 3.8) is 0 Å². The summed E-state index contributed by atoms with van der Waals surface area (Å²) in [5.41, 5.74) is 3.25. The Morgan fingerprint density at radius 1 is 0.897 bits per heavy atom. The number of β-lactam (4-membered cyclic amide) rings is 1. The number of anilines is 1. The van der Waals surface area contributed by atoms with Crippen LogP contribution in [0.15, 0.2) is 102 Å². The van der Waals surface area contributed by atoms with Gasteiger partial charge in [-0.15, -0.1) is 0 Å². The van der Waals surface area contributed by atoms with Gasteiger partial charge in [-0.3, -0.25) is 9.35 Å². The summed E-state index contributed by atoms with van der Waals surface area (Å²) in [5.74, 6) is -0.482. The van der Waals surface area contributed by atoms with Crippen LogP contribution in [0.4, 0.5) is 5.69 Å². The molecule has 0 saturated carbocycles. The molecule has 1 amide bonds. The Labute approximate surface area is 231 Å². The second-order valence-electron chi connectivity index (χ2n) is 9.52. The van der Waals surface area contributed by atoms with E-state index in [1.807, 2.05) is 36.4 Å². The van der Waals surface area contributed by atoms with Gasteiger partial charge in [-0.2, -0.15) is 8.42 Å². The Morgan fingerprint density at radius 2 is 1.56 bits per heavy atom. The van der Waals surface area contributed by atoms with E-state index in [1.54, 1.807) is 41.3 Å². The highest BCUT2D eigenvalue weighted by molar-refractivity contribution is 7.85. The number of hydrogen-bond acceptors (Lipinski definition) is 5. The molecular weight excluding hydrogens is 538 g/mol. The van der Waals surface area contributed by atoms with Gasteiger partial charge in [0.1, 0.15) is 5.75 Å². The minimum absolute atomic E-state index is 0.0283. The van der Waals surface area contributed by atoms with E-state index in [-0.39, 0.29) is 22.6 Å². The molecule has 1 saturated heterocycles. The zero-order chi connectivity index (χ0) is 27.7. The molecule has 5 rings (SSSR count). The van der Waals surface area contributed by atoms with Crippen LogP contribution in [-0.4, -0.2) is 29.1 Å². The summed E-state index contributed by atoms with van der Waals surface area (Å²) in [6.45, 7) is 0. The van der Waals surface area contributed by atoms with Crippen LogP contribution in [0.25, 0.3) is 11.1 Å². The van der Waals surface area contributed by atoms with Crippen LogP contribution < -0.4 is 4.90 Å². The van der Waals surface area contributed by atoms with Crippen LogP contribution in [0.5, 0.6) is 5.75 Å². The summed E-state index contributed by atoms with van der Waals surface area (Å²) < 4.78 is 31.9. The topological polar surface area (TPSA) is 115 Å². The fourth-order valence-electron chi connectivity index (χ4n) is 5.06. The monoisotopic (exact) mass is 563 g/mol. The average molecular weight is 564 g/mol. The quantitative estimate of drug-likeness (QED) is 0.174. The summed E-state index contributed by atoms with van der Waals surface area (Å²) in [6.07, 6.45) is 0.0698. The summed E-state index contributed by atoms with van der Waals surface area (Å²) >= 11 is 5.96. The molecule has 0 radical (unpaired) electrons. The maximum absolute atomic E-state index is 13.3. The molecule has 3 N–H and O–H groups in total. The van der Waals surface area contributed by atoms with Crippen molar-refractivity contribution in [1.29, 1.82) is 0 Å². The van der Waals surface area contributed by atoms with E-state index >= 15 is 0 Å². The number of phenols is 1. The van der Waals surface area contributed by atoms with Gasteiger partial charge in [0.2, 0.25) is 5.91 Å². The number of rotatable bonds is 8. The number of para-hydroxylation sites is 1. The smallest absolute Gasteiger partial charge is 0.294 e. The number of aromatic hydroxyl groups is 1. The molecule has 4 aromatic carbocycles. The van der Waals surface area contributed by atoms with E-state index < -0.39 is 22.1 Å². The Balaban J connectivity index is 1.42. The maximum atomic E-state index is 13.3. The molecule has 3 atom stereocenters. The van der Waals surface area contributed by atoms with E-state index in [4.69, 9.17) is 11.6 Å². The first-order valence-electron chi connectivity index (χ1n) is 12.4. The van der Waals surface area contributed by atoms with E-state index in [0.717, 1.165) is 16.8 Å². The fourth-order valence-corrected chi connectivity index (χ4v) is 5.67. The van der Waals surface area contributed by atoms with Crippen molar-refractivity contribution in [2.45, 2.75) is 29.9 Å². The fraction of sp³-hybridized carbons (Fsp3) is 0.167. The molecular formula is C30H26ClNO6S. The number of phenolic OH excluding ortho intramolecular Hbond substituents is 1. The predicted octanol–water partition coefficient (Wildman–Crippen LogP) is 6.18. The number of carbonyl (C=O) groups excluding carboxylic acids is 1. The van der Waals surface area contributed by atoms with Gasteiger partial charge < -0.3 is 15.1 Å². The van der Waals surface area contributed by atoms with Gasteiger partial charge in [-0.05, 0) is 72.0 Å². The molecule has 7 nitrogen and oxygen atoms in total. The second-order valence-corrected chi connectivity index (χ2v) is 11.4. The van der Waals surface area contributed by atoms with Crippen LogP contribution >= 0.6 is 11.6 Å². The lowest BCUT2D eigenvalue weighted by atomic mass is 9.78. The first-order valence-corrected chi connectivity index (χ1v) is 14.2. The molecule has 1 aliphatic heterocycles. The number of aliphatic hydroxyl groups is 1. The molecule has 4 aromatic rings. The van der Waals surface area contributed by atoms with Crippen molar-refractivity contribution in [3.05, 3.63) is 113 Å². The van der Waals surface area contributed by atoms with Crippen LogP contribution in [-0.2, 0) is 14.9 Å². The minimum Gasteiger partial charge on any atom is -0.507 e. The number of amides is 1. The summed E-state index contributed by atoms with van der Waals surface area (Å²) in [7, 11) is -4.32. The molecule has 9 heteroatoms. The van der Waals surface area contributed by atoms with Crippen LogP contribution in [0.2, 0.25) is 5.02 Å². The molecule has 0 unspecified atom stereocenters. The first kappa shape index (κ1) is 26.9. The zero-order valence-corrected chi connectivity index (χ0v) is 22.3. The normalized spacial score (nSPS) is 18.0. The molecule has 0 aliphatic carbocycles. The summed E-state index contributed by atoms with van der Waals surface area (Å²) in [4.78, 5) is 14.8. The number of nitrogens with zero attached hydrogens (tertiary/aromatic N) is 1.